The summed E-state index contributed by atoms with van der Waals surface area (Å²) in [4.78, 5) is 14.6. The van der Waals surface area contributed by atoms with Crippen LogP contribution in [0.5, 0.6) is 0 Å². The van der Waals surface area contributed by atoms with Crippen molar-refractivity contribution in [2.24, 2.45) is 5.92 Å². The molecule has 0 aliphatic carbocycles. The number of amides is 1. The molecule has 2 fully saturated rings. The van der Waals surface area contributed by atoms with Gasteiger partial charge in [0.05, 0.1) is 5.92 Å². The van der Waals surface area contributed by atoms with Crippen LogP contribution in [0.4, 0.5) is 5.69 Å². The maximum absolute atomic E-state index is 12.3. The van der Waals surface area contributed by atoms with E-state index in [1.165, 1.54) is 5.69 Å². The molecule has 2 unspecified atom stereocenters. The summed E-state index contributed by atoms with van der Waals surface area (Å²) in [7, 11) is 0. The molecule has 1 aromatic rings. The van der Waals surface area contributed by atoms with Crippen molar-refractivity contribution in [3.05, 3.63) is 28.7 Å². The van der Waals surface area contributed by atoms with Gasteiger partial charge in [-0.3, -0.25) is 4.79 Å². The lowest BCUT2D eigenvalue weighted by atomic mass is 9.98. The Morgan fingerprint density at radius 1 is 1.22 bits per heavy atom. The van der Waals surface area contributed by atoms with E-state index >= 15 is 0 Å². The summed E-state index contributed by atoms with van der Waals surface area (Å²) in [6, 6.07) is 8.66. The molecule has 1 aromatic carbocycles. The summed E-state index contributed by atoms with van der Waals surface area (Å²) >= 11 is 3.46. The van der Waals surface area contributed by atoms with Crippen molar-refractivity contribution in [2.75, 3.05) is 31.1 Å². The normalized spacial score (nSPS) is 23.6. The average Bonchev–Trinajstić information content (AvgIpc) is 2.97. The number of carbonyl (C=O) groups is 1. The summed E-state index contributed by atoms with van der Waals surface area (Å²) in [6.07, 6.45) is 3.15. The molecule has 3 rings (SSSR count). The zero-order valence-corrected chi connectivity index (χ0v) is 16.2. The van der Waals surface area contributed by atoms with E-state index in [9.17, 15) is 4.79 Å². The molecule has 0 aromatic heterocycles. The Morgan fingerprint density at radius 3 is 2.61 bits per heavy atom. The van der Waals surface area contributed by atoms with Crippen molar-refractivity contribution < 1.29 is 4.79 Å². The highest BCUT2D eigenvalue weighted by Gasteiger charge is 2.27. The standard InChI is InChI=1S/C16H22BrN3O.2ClH/c17-13-3-5-15(6-4-13)20-9-7-14(11-20)19-16(21)12-2-1-8-18-10-12;;/h3-6,12,14,18H,1-2,7-11H2,(H,19,21);2*1H. The van der Waals surface area contributed by atoms with E-state index in [0.717, 1.165) is 49.9 Å². The Bertz CT molecular complexity index is 495. The Hall–Kier alpha value is -0.490. The van der Waals surface area contributed by atoms with Crippen LogP contribution in [0.15, 0.2) is 28.7 Å². The summed E-state index contributed by atoms with van der Waals surface area (Å²) in [5.74, 6) is 0.380. The minimum atomic E-state index is 0. The van der Waals surface area contributed by atoms with Crippen LogP contribution >= 0.6 is 40.7 Å². The predicted molar refractivity (Wildman–Crippen MR) is 103 cm³/mol. The lowest BCUT2D eigenvalue weighted by Gasteiger charge is -2.24. The van der Waals surface area contributed by atoms with Gasteiger partial charge in [-0.1, -0.05) is 15.9 Å². The van der Waals surface area contributed by atoms with E-state index in [0.29, 0.717) is 0 Å². The number of piperidine rings is 1. The van der Waals surface area contributed by atoms with Crippen LogP contribution in [-0.2, 0) is 4.79 Å². The molecule has 2 heterocycles. The first-order valence-electron chi connectivity index (χ1n) is 7.74. The Balaban J connectivity index is 0.00000132. The summed E-state index contributed by atoms with van der Waals surface area (Å²) < 4.78 is 1.10. The molecule has 1 amide bonds. The molecule has 7 heteroatoms. The van der Waals surface area contributed by atoms with Crippen LogP contribution in [0.2, 0.25) is 0 Å². The molecule has 0 radical (unpaired) electrons. The molecule has 130 valence electrons. The molecule has 2 saturated heterocycles. The lowest BCUT2D eigenvalue weighted by molar-refractivity contribution is -0.126. The van der Waals surface area contributed by atoms with Gasteiger partial charge in [0.1, 0.15) is 0 Å². The van der Waals surface area contributed by atoms with Gasteiger partial charge < -0.3 is 15.5 Å². The highest BCUT2D eigenvalue weighted by molar-refractivity contribution is 9.10. The summed E-state index contributed by atoms with van der Waals surface area (Å²) in [5, 5.41) is 6.53. The quantitative estimate of drug-likeness (QED) is 0.783. The first-order chi connectivity index (χ1) is 10.2. The number of rotatable bonds is 3. The van der Waals surface area contributed by atoms with E-state index in [-0.39, 0.29) is 42.7 Å². The number of anilines is 1. The minimum Gasteiger partial charge on any atom is -0.369 e. The SMILES string of the molecule is Cl.Cl.O=C(NC1CCN(c2ccc(Br)cc2)C1)C1CCCNC1. The monoisotopic (exact) mass is 423 g/mol. The number of carbonyl (C=O) groups excluding carboxylic acids is 1. The van der Waals surface area contributed by atoms with E-state index < -0.39 is 0 Å². The molecule has 23 heavy (non-hydrogen) atoms. The second-order valence-corrected chi connectivity index (χ2v) is 6.88. The molecule has 2 aliphatic heterocycles. The number of benzene rings is 1. The van der Waals surface area contributed by atoms with E-state index in [1.807, 2.05) is 0 Å². The summed E-state index contributed by atoms with van der Waals surface area (Å²) in [5.41, 5.74) is 1.23. The van der Waals surface area contributed by atoms with Gasteiger partial charge in [-0.2, -0.15) is 0 Å². The van der Waals surface area contributed by atoms with Gasteiger partial charge in [-0.15, -0.1) is 24.8 Å². The molecule has 2 N–H and O–H groups in total. The van der Waals surface area contributed by atoms with Gasteiger partial charge in [-0.25, -0.2) is 0 Å². The summed E-state index contributed by atoms with van der Waals surface area (Å²) in [6.45, 7) is 3.79. The lowest BCUT2D eigenvalue weighted by Crippen LogP contribution is -2.45. The molecular formula is C16H24BrCl2N3O. The zero-order chi connectivity index (χ0) is 14.7. The van der Waals surface area contributed by atoms with Gasteiger partial charge in [0, 0.05) is 35.8 Å². The molecule has 2 atom stereocenters. The number of halogens is 3. The molecule has 0 saturated carbocycles. The number of nitrogens with zero attached hydrogens (tertiary/aromatic N) is 1. The van der Waals surface area contributed by atoms with Crippen molar-refractivity contribution in [2.45, 2.75) is 25.3 Å². The average molecular weight is 425 g/mol. The predicted octanol–water partition coefficient (Wildman–Crippen LogP) is 2.99. The van der Waals surface area contributed by atoms with Crippen molar-refractivity contribution in [3.8, 4) is 0 Å². The van der Waals surface area contributed by atoms with Crippen molar-refractivity contribution in [1.29, 1.82) is 0 Å². The highest BCUT2D eigenvalue weighted by atomic mass is 79.9. The largest absolute Gasteiger partial charge is 0.369 e. The Labute approximate surface area is 158 Å². The number of nitrogens with one attached hydrogen (secondary N) is 2. The highest BCUT2D eigenvalue weighted by Crippen LogP contribution is 2.23. The van der Waals surface area contributed by atoms with Crippen molar-refractivity contribution >= 4 is 52.3 Å². The van der Waals surface area contributed by atoms with E-state index in [2.05, 4.69) is 55.7 Å². The van der Waals surface area contributed by atoms with Gasteiger partial charge in [0.15, 0.2) is 0 Å². The first kappa shape index (κ1) is 20.6. The van der Waals surface area contributed by atoms with Crippen LogP contribution in [0, 0.1) is 5.92 Å². The van der Waals surface area contributed by atoms with Gasteiger partial charge in [0.2, 0.25) is 5.91 Å². The van der Waals surface area contributed by atoms with Crippen molar-refractivity contribution in [1.82, 2.24) is 10.6 Å². The first-order valence-corrected chi connectivity index (χ1v) is 8.53. The Morgan fingerprint density at radius 2 is 1.96 bits per heavy atom. The fraction of sp³-hybridized carbons (Fsp3) is 0.562. The third kappa shape index (κ3) is 5.52. The smallest absolute Gasteiger partial charge is 0.224 e. The molecule has 4 nitrogen and oxygen atoms in total. The van der Waals surface area contributed by atoms with Gasteiger partial charge in [0.25, 0.3) is 0 Å². The third-order valence-electron chi connectivity index (χ3n) is 4.39. The fourth-order valence-corrected chi connectivity index (χ4v) is 3.42. The van der Waals surface area contributed by atoms with E-state index in [4.69, 9.17) is 0 Å². The van der Waals surface area contributed by atoms with Crippen LogP contribution in [-0.4, -0.2) is 38.1 Å². The maximum atomic E-state index is 12.3. The molecule has 0 spiro atoms. The van der Waals surface area contributed by atoms with Crippen molar-refractivity contribution in [3.63, 3.8) is 0 Å². The molecule has 0 bridgehead atoms. The van der Waals surface area contributed by atoms with E-state index in [1.54, 1.807) is 0 Å². The van der Waals surface area contributed by atoms with Gasteiger partial charge in [-0.05, 0) is 50.1 Å². The van der Waals surface area contributed by atoms with Crippen LogP contribution in [0.1, 0.15) is 19.3 Å². The fourth-order valence-electron chi connectivity index (χ4n) is 3.16. The number of hydrogen-bond donors (Lipinski definition) is 2. The van der Waals surface area contributed by atoms with Crippen LogP contribution in [0.25, 0.3) is 0 Å². The second-order valence-electron chi connectivity index (χ2n) is 5.96. The van der Waals surface area contributed by atoms with Crippen LogP contribution in [0.3, 0.4) is 0 Å². The second kappa shape index (κ2) is 9.72. The topological polar surface area (TPSA) is 44.4 Å². The molecular weight excluding hydrogens is 401 g/mol. The number of hydrogen-bond acceptors (Lipinski definition) is 3. The Kier molecular flexibility index (Phi) is 8.69. The van der Waals surface area contributed by atoms with Crippen LogP contribution < -0.4 is 15.5 Å². The zero-order valence-electron chi connectivity index (χ0n) is 13.0. The minimum absolute atomic E-state index is 0. The van der Waals surface area contributed by atoms with Gasteiger partial charge >= 0.3 is 0 Å². The maximum Gasteiger partial charge on any atom is 0.224 e. The molecule has 2 aliphatic rings. The third-order valence-corrected chi connectivity index (χ3v) is 4.92.